The van der Waals surface area contributed by atoms with Crippen LogP contribution in [0.2, 0.25) is 0 Å². The van der Waals surface area contributed by atoms with Crippen LogP contribution in [0.15, 0.2) is 11.6 Å². The molecule has 0 aromatic carbocycles. The summed E-state index contributed by atoms with van der Waals surface area (Å²) in [5.41, 5.74) is -1.90. The van der Waals surface area contributed by atoms with Gasteiger partial charge >= 0.3 is 5.97 Å². The summed E-state index contributed by atoms with van der Waals surface area (Å²) in [6.45, 7) is 15.5. The van der Waals surface area contributed by atoms with Crippen LogP contribution in [-0.4, -0.2) is 286 Å². The lowest BCUT2D eigenvalue weighted by atomic mass is 9.35. The number of allylic oxidation sites excluding steroid dienone is 2. The molecule has 89 heavy (non-hydrogen) atoms. The number of rotatable bonds is 19. The van der Waals surface area contributed by atoms with Gasteiger partial charge in [-0.3, -0.25) is 4.79 Å². The first-order chi connectivity index (χ1) is 41.6. The summed E-state index contributed by atoms with van der Waals surface area (Å²) >= 11 is 0. The van der Waals surface area contributed by atoms with Gasteiger partial charge in [-0.05, 0) is 124 Å². The van der Waals surface area contributed by atoms with Gasteiger partial charge in [0, 0.05) is 6.92 Å². The molecule has 0 bridgehead atoms. The van der Waals surface area contributed by atoms with Crippen molar-refractivity contribution in [2.75, 3.05) is 33.0 Å². The molecular weight excluding hydrogens is 1180 g/mol. The fraction of sp³-hybridized carbons (Fsp3) is 0.951. The molecule has 5 aliphatic heterocycles. The summed E-state index contributed by atoms with van der Waals surface area (Å²) in [6.07, 6.45) is -33.2. The van der Waals surface area contributed by atoms with Crippen LogP contribution in [0.5, 0.6) is 0 Å². The topological polar surface area (TPSA) is 442 Å². The van der Waals surface area contributed by atoms with Gasteiger partial charge in [0.15, 0.2) is 31.5 Å². The molecule has 5 heterocycles. The van der Waals surface area contributed by atoms with Crippen molar-refractivity contribution < 1.29 is 139 Å². The normalized spacial score (nSPS) is 51.5. The number of fused-ring (bicyclic) bond motifs is 5. The first kappa shape index (κ1) is 71.5. The Balaban J connectivity index is 0.909. The van der Waals surface area contributed by atoms with E-state index in [0.717, 1.165) is 18.4 Å². The predicted octanol–water partition coefficient (Wildman–Crippen LogP) is -3.17. The van der Waals surface area contributed by atoms with E-state index in [2.05, 4.69) is 40.7 Å². The maximum Gasteiger partial charge on any atom is 0.302 e. The van der Waals surface area contributed by atoms with Gasteiger partial charge < -0.3 is 134 Å². The number of hydrogen-bond donors (Lipinski definition) is 16. The van der Waals surface area contributed by atoms with Crippen LogP contribution >= 0.6 is 0 Å². The van der Waals surface area contributed by atoms with Crippen molar-refractivity contribution in [3.8, 4) is 0 Å². The summed E-state index contributed by atoms with van der Waals surface area (Å²) in [6, 6.07) is 0. The van der Waals surface area contributed by atoms with Crippen LogP contribution in [0.25, 0.3) is 0 Å². The first-order valence-corrected chi connectivity index (χ1v) is 31.7. The lowest BCUT2D eigenvalue weighted by Crippen LogP contribution is -2.68. The highest BCUT2D eigenvalue weighted by molar-refractivity contribution is 5.65. The summed E-state index contributed by atoms with van der Waals surface area (Å²) in [5, 5.41) is 175. The number of carbonyl (C=O) groups is 1. The first-order valence-electron chi connectivity index (χ1n) is 31.7. The van der Waals surface area contributed by atoms with Crippen molar-refractivity contribution in [3.05, 3.63) is 11.6 Å². The standard InChI is InChI=1S/C61H102O28/c1-25(2)11-10-15-61(9,89-55-50(78)45(73)41(69)33(85-55)24-82-53-48(76)44(72)40(68)32(84-53)23-81-52-47(75)38(66)29(65)21-80-52)27-12-17-60(8)37(27)28(64)19-35-58(6)16-14-36(57(4,5)34(58)13-18-59(35,60)7)87-56-51(46(74)42(70)31(86-56)22-79-26(3)63)88-54-49(77)43(71)39(67)30(20-62)83-54/h11,27-56,62,64-78H,10,12-24H2,1-9H3/t27-,28+,29+,30+,31+,32+,33+,34?,35+,36-,37?,38-,39+,40+,41+,42+,43-,44-,45-,46-,47+,48+,49+,50+,51+,52-,53+,54-,55-,56-,58-,59+,60+,61-/m0/s1. The molecular formula is C61H102O28. The van der Waals surface area contributed by atoms with Gasteiger partial charge in [-0.25, -0.2) is 0 Å². The van der Waals surface area contributed by atoms with E-state index in [9.17, 15) is 86.5 Å². The molecule has 514 valence electrons. The lowest BCUT2D eigenvalue weighted by Gasteiger charge is -2.71. The highest BCUT2D eigenvalue weighted by atomic mass is 16.8. The van der Waals surface area contributed by atoms with Crippen LogP contribution in [-0.2, 0) is 56.9 Å². The largest absolute Gasteiger partial charge is 0.463 e. The van der Waals surface area contributed by atoms with Crippen LogP contribution in [0.1, 0.15) is 120 Å². The summed E-state index contributed by atoms with van der Waals surface area (Å²) in [5.74, 6) is -1.35. The van der Waals surface area contributed by atoms with Gasteiger partial charge in [0.1, 0.15) is 123 Å². The van der Waals surface area contributed by atoms with Crippen molar-refractivity contribution in [2.45, 2.75) is 285 Å². The van der Waals surface area contributed by atoms with Gasteiger partial charge in [0.05, 0.1) is 44.2 Å². The van der Waals surface area contributed by atoms with Gasteiger partial charge in [-0.15, -0.1) is 0 Å². The number of ether oxygens (including phenoxy) is 11. The van der Waals surface area contributed by atoms with E-state index in [1.54, 1.807) is 0 Å². The zero-order valence-electron chi connectivity index (χ0n) is 52.4. The van der Waals surface area contributed by atoms with Gasteiger partial charge in [-0.2, -0.15) is 0 Å². The SMILES string of the molecule is CC(=O)OC[C@H]1O[C@@H](O[C@H]2CC[C@@]3(C)C(CC[C@]4(C)[C@@H]3C[C@@H](O)C3[C@@H]([C@](C)(CCC=C(C)C)O[C@@H]5O[C@H](CO[C@@H]6O[C@H](CO[C@@H]7OC[C@@H](O)[C@H](O)[C@H]7O)[C@@H](O)[C@H](O)[C@H]6O)[C@@H](O)[C@H](O)[C@H]5O)CC[C@]34C)C2(C)C)[C@H](O[C@@H]2O[C@H](CO)[C@@H](O)[C@H](O)[C@H]2O)[C@@H](O)[C@@H]1O. The van der Waals surface area contributed by atoms with Crippen molar-refractivity contribution >= 4 is 5.97 Å². The smallest absolute Gasteiger partial charge is 0.302 e. The quantitative estimate of drug-likeness (QED) is 0.0345. The molecule has 2 unspecified atom stereocenters. The molecule has 0 radical (unpaired) electrons. The van der Waals surface area contributed by atoms with E-state index in [1.807, 2.05) is 20.8 Å². The minimum absolute atomic E-state index is 0.0114. The number of esters is 1. The third-order valence-electron chi connectivity index (χ3n) is 22.9. The summed E-state index contributed by atoms with van der Waals surface area (Å²) in [4.78, 5) is 11.9. The Kier molecular flexibility index (Phi) is 22.3. The molecule has 28 heteroatoms. The van der Waals surface area contributed by atoms with Crippen molar-refractivity contribution in [1.82, 2.24) is 0 Å². The summed E-state index contributed by atoms with van der Waals surface area (Å²) in [7, 11) is 0. The van der Waals surface area contributed by atoms with Gasteiger partial charge in [-0.1, -0.05) is 46.3 Å². The fourth-order valence-corrected chi connectivity index (χ4v) is 17.5. The number of carbonyl (C=O) groups excluding carboxylic acids is 1. The number of hydrogen-bond acceptors (Lipinski definition) is 28. The molecule has 0 aromatic rings. The van der Waals surface area contributed by atoms with E-state index in [4.69, 9.17) is 52.1 Å². The fourth-order valence-electron chi connectivity index (χ4n) is 17.5. The Hall–Kier alpha value is -1.83. The van der Waals surface area contributed by atoms with E-state index in [-0.39, 0.29) is 41.1 Å². The molecule has 9 fully saturated rings. The second-order valence-corrected chi connectivity index (χ2v) is 28.8. The average molecular weight is 1280 g/mol. The van der Waals surface area contributed by atoms with Gasteiger partial charge in [0.2, 0.25) is 0 Å². The Bertz CT molecular complexity index is 2390. The Morgan fingerprint density at radius 1 is 0.539 bits per heavy atom. The maximum atomic E-state index is 13.0. The maximum absolute atomic E-state index is 13.0. The Morgan fingerprint density at radius 3 is 1.69 bits per heavy atom. The van der Waals surface area contributed by atoms with Gasteiger partial charge in [0.25, 0.3) is 0 Å². The average Bonchev–Trinajstić information content (AvgIpc) is 1.67. The minimum atomic E-state index is -1.86. The molecule has 9 rings (SSSR count). The third-order valence-corrected chi connectivity index (χ3v) is 22.9. The van der Waals surface area contributed by atoms with Crippen LogP contribution in [0.3, 0.4) is 0 Å². The second kappa shape index (κ2) is 27.7. The summed E-state index contributed by atoms with van der Waals surface area (Å²) < 4.78 is 65.9. The minimum Gasteiger partial charge on any atom is -0.463 e. The molecule has 16 N–H and O–H groups in total. The van der Waals surface area contributed by atoms with Crippen molar-refractivity contribution in [1.29, 1.82) is 0 Å². The Labute approximate surface area is 518 Å². The highest BCUT2D eigenvalue weighted by Gasteiger charge is 2.72. The zero-order valence-corrected chi connectivity index (χ0v) is 52.4. The zero-order chi connectivity index (χ0) is 65.4. The predicted molar refractivity (Wildman–Crippen MR) is 302 cm³/mol. The molecule has 34 atom stereocenters. The van der Waals surface area contributed by atoms with Crippen LogP contribution < -0.4 is 0 Å². The molecule has 28 nitrogen and oxygen atoms in total. The lowest BCUT2D eigenvalue weighted by molar-refractivity contribution is -0.378. The van der Waals surface area contributed by atoms with E-state index in [0.29, 0.717) is 44.9 Å². The number of aliphatic hydroxyl groups is 16. The Morgan fingerprint density at radius 2 is 1.07 bits per heavy atom. The van der Waals surface area contributed by atoms with Crippen molar-refractivity contribution in [3.63, 3.8) is 0 Å². The molecule has 4 aliphatic carbocycles. The van der Waals surface area contributed by atoms with E-state index in [1.165, 1.54) is 6.92 Å². The molecule has 0 amide bonds. The third kappa shape index (κ3) is 13.4. The van der Waals surface area contributed by atoms with Crippen LogP contribution in [0.4, 0.5) is 0 Å². The monoisotopic (exact) mass is 1280 g/mol. The van der Waals surface area contributed by atoms with E-state index < -0.39 is 208 Å². The molecule has 5 saturated heterocycles. The van der Waals surface area contributed by atoms with E-state index >= 15 is 0 Å². The molecule has 0 aromatic heterocycles. The second-order valence-electron chi connectivity index (χ2n) is 28.8. The number of aliphatic hydroxyl groups excluding tert-OH is 16. The van der Waals surface area contributed by atoms with Crippen LogP contribution in [0, 0.1) is 45.3 Å². The molecule has 0 spiro atoms. The highest BCUT2D eigenvalue weighted by Crippen LogP contribution is 2.76. The van der Waals surface area contributed by atoms with Crippen molar-refractivity contribution in [2.24, 2.45) is 45.3 Å². The molecule has 4 saturated carbocycles. The molecule has 9 aliphatic rings.